The van der Waals surface area contributed by atoms with Gasteiger partial charge >= 0.3 is 5.63 Å². The Hall–Kier alpha value is -2.30. The van der Waals surface area contributed by atoms with Crippen molar-refractivity contribution in [2.24, 2.45) is 0 Å². The van der Waals surface area contributed by atoms with E-state index in [0.717, 1.165) is 16.5 Å². The molecule has 1 aromatic heterocycles. The fraction of sp³-hybridized carbons (Fsp3) is 0.200. The van der Waals surface area contributed by atoms with Gasteiger partial charge in [-0.25, -0.2) is 4.79 Å². The van der Waals surface area contributed by atoms with E-state index in [0.29, 0.717) is 21.7 Å². The standard InChI is InChI=1S/C20H17Cl2NO3/c1-11-8-15-17(12(2)18(11)21)14(9-16(24)26-15)10-23-20(25)19(22)13-6-4-3-5-7-13/h3-9,19H,10H2,1-2H3,(H,23,25). The van der Waals surface area contributed by atoms with Crippen LogP contribution in [0.15, 0.2) is 51.7 Å². The van der Waals surface area contributed by atoms with E-state index >= 15 is 0 Å². The normalized spacial score (nSPS) is 12.2. The third-order valence-corrected chi connectivity index (χ3v) is 5.28. The van der Waals surface area contributed by atoms with E-state index in [2.05, 4.69) is 5.32 Å². The van der Waals surface area contributed by atoms with Crippen LogP contribution in [-0.4, -0.2) is 5.91 Å². The van der Waals surface area contributed by atoms with Crippen LogP contribution >= 0.6 is 23.2 Å². The van der Waals surface area contributed by atoms with Crippen molar-refractivity contribution < 1.29 is 9.21 Å². The zero-order valence-electron chi connectivity index (χ0n) is 14.3. The molecule has 3 aromatic rings. The number of carbonyl (C=O) groups excluding carboxylic acids is 1. The van der Waals surface area contributed by atoms with Crippen molar-refractivity contribution in [3.8, 4) is 0 Å². The third-order valence-electron chi connectivity index (χ3n) is 4.24. The lowest BCUT2D eigenvalue weighted by Crippen LogP contribution is -2.27. The largest absolute Gasteiger partial charge is 0.423 e. The SMILES string of the molecule is Cc1cc2oc(=O)cc(CNC(=O)C(Cl)c3ccccc3)c2c(C)c1Cl. The number of aryl methyl sites for hydroxylation is 2. The van der Waals surface area contributed by atoms with E-state index in [1.165, 1.54) is 6.07 Å². The Labute approximate surface area is 160 Å². The number of amides is 1. The number of hydrogen-bond donors (Lipinski definition) is 1. The highest BCUT2D eigenvalue weighted by Gasteiger charge is 2.18. The van der Waals surface area contributed by atoms with Gasteiger partial charge in [0.2, 0.25) is 5.91 Å². The predicted octanol–water partition coefficient (Wildman–Crippen LogP) is 4.66. The number of fused-ring (bicyclic) bond motifs is 1. The number of hydrogen-bond acceptors (Lipinski definition) is 3. The van der Waals surface area contributed by atoms with Crippen molar-refractivity contribution >= 4 is 40.1 Å². The minimum absolute atomic E-state index is 0.150. The lowest BCUT2D eigenvalue weighted by molar-refractivity contribution is -0.121. The first kappa shape index (κ1) is 18.5. The molecular formula is C20H17Cl2NO3. The molecule has 0 radical (unpaired) electrons. The molecule has 1 unspecified atom stereocenters. The third kappa shape index (κ3) is 3.62. The monoisotopic (exact) mass is 389 g/mol. The van der Waals surface area contributed by atoms with Gasteiger partial charge in [0.1, 0.15) is 11.0 Å². The molecule has 0 aliphatic rings. The number of benzene rings is 2. The van der Waals surface area contributed by atoms with Gasteiger partial charge in [-0.15, -0.1) is 11.6 Å². The van der Waals surface area contributed by atoms with Crippen LogP contribution in [0, 0.1) is 13.8 Å². The molecule has 4 nitrogen and oxygen atoms in total. The second-order valence-electron chi connectivity index (χ2n) is 6.09. The summed E-state index contributed by atoms with van der Waals surface area (Å²) in [6.07, 6.45) is 0. The van der Waals surface area contributed by atoms with E-state index in [-0.39, 0.29) is 12.5 Å². The fourth-order valence-corrected chi connectivity index (χ4v) is 3.31. The van der Waals surface area contributed by atoms with Crippen LogP contribution in [0.3, 0.4) is 0 Å². The molecule has 1 heterocycles. The lowest BCUT2D eigenvalue weighted by atomic mass is 10.0. The predicted molar refractivity (Wildman–Crippen MR) is 104 cm³/mol. The molecule has 1 N–H and O–H groups in total. The minimum atomic E-state index is -0.811. The van der Waals surface area contributed by atoms with E-state index < -0.39 is 11.0 Å². The first-order valence-electron chi connectivity index (χ1n) is 8.07. The maximum Gasteiger partial charge on any atom is 0.336 e. The van der Waals surface area contributed by atoms with E-state index in [4.69, 9.17) is 27.6 Å². The van der Waals surface area contributed by atoms with Crippen LogP contribution < -0.4 is 10.9 Å². The molecule has 0 saturated heterocycles. The van der Waals surface area contributed by atoms with Crippen molar-refractivity contribution in [1.29, 1.82) is 0 Å². The van der Waals surface area contributed by atoms with Gasteiger partial charge in [-0.05, 0) is 42.2 Å². The first-order valence-corrected chi connectivity index (χ1v) is 8.89. The number of nitrogens with one attached hydrogen (secondary N) is 1. The second kappa shape index (κ2) is 7.52. The van der Waals surface area contributed by atoms with E-state index in [1.807, 2.05) is 32.0 Å². The molecule has 0 aliphatic carbocycles. The molecule has 6 heteroatoms. The molecule has 0 aliphatic heterocycles. The van der Waals surface area contributed by atoms with Crippen molar-refractivity contribution in [3.63, 3.8) is 0 Å². The zero-order chi connectivity index (χ0) is 18.8. The second-order valence-corrected chi connectivity index (χ2v) is 6.90. The summed E-state index contributed by atoms with van der Waals surface area (Å²) in [5.41, 5.74) is 2.95. The quantitative estimate of drug-likeness (QED) is 0.521. The minimum Gasteiger partial charge on any atom is -0.423 e. The molecule has 0 bridgehead atoms. The highest BCUT2D eigenvalue weighted by atomic mass is 35.5. The Morgan fingerprint density at radius 3 is 2.58 bits per heavy atom. The smallest absolute Gasteiger partial charge is 0.336 e. The summed E-state index contributed by atoms with van der Waals surface area (Å²) in [7, 11) is 0. The van der Waals surface area contributed by atoms with Gasteiger partial charge in [-0.2, -0.15) is 0 Å². The fourth-order valence-electron chi connectivity index (χ4n) is 2.94. The van der Waals surface area contributed by atoms with Crippen LogP contribution in [0.25, 0.3) is 11.0 Å². The Bertz CT molecular complexity index is 1030. The first-order chi connectivity index (χ1) is 12.4. The van der Waals surface area contributed by atoms with E-state index in [1.54, 1.807) is 18.2 Å². The molecule has 1 atom stereocenters. The Balaban J connectivity index is 1.90. The van der Waals surface area contributed by atoms with Crippen LogP contribution in [-0.2, 0) is 11.3 Å². The summed E-state index contributed by atoms with van der Waals surface area (Å²) < 4.78 is 5.29. The average molecular weight is 390 g/mol. The Morgan fingerprint density at radius 2 is 1.88 bits per heavy atom. The summed E-state index contributed by atoms with van der Waals surface area (Å²) >= 11 is 12.6. The zero-order valence-corrected chi connectivity index (χ0v) is 15.8. The molecule has 0 fully saturated rings. The maximum absolute atomic E-state index is 12.4. The Kier molecular flexibility index (Phi) is 5.35. The summed E-state index contributed by atoms with van der Waals surface area (Å²) in [6, 6.07) is 12.2. The van der Waals surface area contributed by atoms with Gasteiger partial charge in [0.05, 0.1) is 0 Å². The highest BCUT2D eigenvalue weighted by Crippen LogP contribution is 2.30. The number of alkyl halides is 1. The summed E-state index contributed by atoms with van der Waals surface area (Å²) in [5, 5.41) is 3.31. The van der Waals surface area contributed by atoms with Crippen molar-refractivity contribution in [1.82, 2.24) is 5.32 Å². The van der Waals surface area contributed by atoms with Gasteiger partial charge in [-0.1, -0.05) is 41.9 Å². The van der Waals surface area contributed by atoms with Crippen LogP contribution in [0.1, 0.15) is 27.6 Å². The van der Waals surface area contributed by atoms with Gasteiger partial charge < -0.3 is 9.73 Å². The molecule has 2 aromatic carbocycles. The van der Waals surface area contributed by atoms with Crippen LogP contribution in [0.4, 0.5) is 0 Å². The van der Waals surface area contributed by atoms with Crippen LogP contribution in [0.2, 0.25) is 5.02 Å². The van der Waals surface area contributed by atoms with Crippen molar-refractivity contribution in [3.05, 3.63) is 80.2 Å². The maximum atomic E-state index is 12.4. The van der Waals surface area contributed by atoms with Crippen molar-refractivity contribution in [2.45, 2.75) is 25.8 Å². The molecule has 134 valence electrons. The van der Waals surface area contributed by atoms with Gasteiger partial charge in [0, 0.05) is 23.0 Å². The topological polar surface area (TPSA) is 59.3 Å². The van der Waals surface area contributed by atoms with Gasteiger partial charge in [0.25, 0.3) is 0 Å². The summed E-state index contributed by atoms with van der Waals surface area (Å²) in [6.45, 7) is 3.86. The molecule has 0 saturated carbocycles. The van der Waals surface area contributed by atoms with Gasteiger partial charge in [-0.3, -0.25) is 4.79 Å². The molecule has 3 rings (SSSR count). The van der Waals surface area contributed by atoms with Gasteiger partial charge in [0.15, 0.2) is 0 Å². The van der Waals surface area contributed by atoms with E-state index in [9.17, 15) is 9.59 Å². The molecular weight excluding hydrogens is 373 g/mol. The molecule has 26 heavy (non-hydrogen) atoms. The average Bonchev–Trinajstić information content (AvgIpc) is 2.63. The number of carbonyl (C=O) groups is 1. The number of rotatable bonds is 4. The highest BCUT2D eigenvalue weighted by molar-refractivity contribution is 6.33. The number of halogens is 2. The Morgan fingerprint density at radius 1 is 1.19 bits per heavy atom. The molecule has 1 amide bonds. The summed E-state index contributed by atoms with van der Waals surface area (Å²) in [4.78, 5) is 24.2. The lowest BCUT2D eigenvalue weighted by Gasteiger charge is -2.14. The summed E-state index contributed by atoms with van der Waals surface area (Å²) in [5.74, 6) is -0.338. The van der Waals surface area contributed by atoms with Crippen LogP contribution in [0.5, 0.6) is 0 Å². The molecule has 0 spiro atoms. The van der Waals surface area contributed by atoms with Crippen molar-refractivity contribution in [2.75, 3.05) is 0 Å².